The van der Waals surface area contributed by atoms with Gasteiger partial charge >= 0.3 is 6.09 Å². The number of carbonyl (C=O) groups is 2. The SMILES string of the molecule is CC(C=C[C@H]1OC(C)(C)C[C@@]2(CO2)[C@@H]1O)=CC[C@@H]1O[C@H](C)[C@H](NC(=O)C=C[C@H](C)OC(=O)N2CCOCC2)C[C@@H]1C. The zero-order valence-corrected chi connectivity index (χ0v) is 25.3. The highest BCUT2D eigenvalue weighted by molar-refractivity contribution is 5.87. The predicted molar refractivity (Wildman–Crippen MR) is 153 cm³/mol. The Morgan fingerprint density at radius 3 is 2.59 bits per heavy atom. The van der Waals surface area contributed by atoms with Crippen LogP contribution in [-0.2, 0) is 28.5 Å². The molecule has 4 heterocycles. The Hall–Kier alpha value is -2.24. The van der Waals surface area contributed by atoms with Gasteiger partial charge in [0.2, 0.25) is 5.91 Å². The molecular weight excluding hydrogens is 528 g/mol. The Morgan fingerprint density at radius 1 is 1.20 bits per heavy atom. The van der Waals surface area contributed by atoms with Gasteiger partial charge in [0.05, 0.1) is 43.7 Å². The summed E-state index contributed by atoms with van der Waals surface area (Å²) in [5.74, 6) is 0.0120. The predicted octanol–water partition coefficient (Wildman–Crippen LogP) is 3.29. The summed E-state index contributed by atoms with van der Waals surface area (Å²) in [5, 5.41) is 13.8. The number of nitrogens with zero attached hydrogens (tertiary/aromatic N) is 1. The Bertz CT molecular complexity index is 1010. The van der Waals surface area contributed by atoms with Gasteiger partial charge in [0.15, 0.2) is 0 Å². The molecule has 0 radical (unpaired) electrons. The van der Waals surface area contributed by atoms with Gasteiger partial charge < -0.3 is 39.0 Å². The fourth-order valence-electron chi connectivity index (χ4n) is 5.91. The smallest absolute Gasteiger partial charge is 0.410 e. The number of aliphatic hydroxyl groups is 1. The van der Waals surface area contributed by atoms with Gasteiger partial charge in [-0.05, 0) is 59.5 Å². The molecule has 4 saturated heterocycles. The summed E-state index contributed by atoms with van der Waals surface area (Å²) in [4.78, 5) is 26.4. The van der Waals surface area contributed by atoms with Gasteiger partial charge in [-0.3, -0.25) is 4.79 Å². The van der Waals surface area contributed by atoms with Crippen molar-refractivity contribution in [2.45, 2.75) is 109 Å². The quantitative estimate of drug-likeness (QED) is 0.257. The summed E-state index contributed by atoms with van der Waals surface area (Å²) in [6.07, 6.45) is 9.22. The van der Waals surface area contributed by atoms with Crippen molar-refractivity contribution in [3.05, 3.63) is 36.0 Å². The number of hydrogen-bond acceptors (Lipinski definition) is 8. The molecule has 2 N–H and O–H groups in total. The van der Waals surface area contributed by atoms with Crippen molar-refractivity contribution in [1.29, 1.82) is 0 Å². The van der Waals surface area contributed by atoms with Gasteiger partial charge in [0.25, 0.3) is 0 Å². The molecule has 4 aliphatic rings. The number of morpholine rings is 1. The lowest BCUT2D eigenvalue weighted by molar-refractivity contribution is -0.171. The third-order valence-electron chi connectivity index (χ3n) is 8.39. The molecule has 4 aliphatic heterocycles. The van der Waals surface area contributed by atoms with E-state index in [9.17, 15) is 14.7 Å². The standard InChI is InChI=1S/C31H48N2O8/c1-20(8-11-26-28(35)31(19-38-31)18-30(5,6)41-26)7-10-25-21(2)17-24(23(4)40-25)32-27(34)12-9-22(3)39-29(36)33-13-15-37-16-14-33/h7-9,11-12,21-26,28,35H,10,13-19H2,1-6H3,(H,32,34)/t21-,22-,23+,24+,25-,26+,28+,31+/m0/s1. The van der Waals surface area contributed by atoms with Gasteiger partial charge in [0, 0.05) is 25.6 Å². The summed E-state index contributed by atoms with van der Waals surface area (Å²) in [6, 6.07) is -0.111. The van der Waals surface area contributed by atoms with Crippen molar-refractivity contribution < 1.29 is 38.4 Å². The molecule has 8 atom stereocenters. The van der Waals surface area contributed by atoms with Crippen LogP contribution in [0.25, 0.3) is 0 Å². The number of hydrogen-bond donors (Lipinski definition) is 2. The van der Waals surface area contributed by atoms with Gasteiger partial charge in [-0.15, -0.1) is 0 Å². The van der Waals surface area contributed by atoms with E-state index in [2.05, 4.69) is 18.3 Å². The minimum absolute atomic E-state index is 0.0373. The second-order valence-corrected chi connectivity index (χ2v) is 12.6. The summed E-state index contributed by atoms with van der Waals surface area (Å²) in [5.41, 5.74) is 0.258. The van der Waals surface area contributed by atoms with Crippen molar-refractivity contribution >= 4 is 12.0 Å². The Labute approximate surface area is 244 Å². The van der Waals surface area contributed by atoms with Crippen LogP contribution in [0.15, 0.2) is 36.0 Å². The van der Waals surface area contributed by atoms with Crippen molar-refractivity contribution in [2.24, 2.45) is 5.92 Å². The van der Waals surface area contributed by atoms with Crippen LogP contribution < -0.4 is 5.32 Å². The first kappa shape index (κ1) is 31.7. The molecule has 0 aromatic heterocycles. The van der Waals surface area contributed by atoms with Gasteiger partial charge in [-0.1, -0.05) is 30.7 Å². The summed E-state index contributed by atoms with van der Waals surface area (Å²) >= 11 is 0. The van der Waals surface area contributed by atoms with E-state index in [-0.39, 0.29) is 35.7 Å². The number of aliphatic hydroxyl groups excluding tert-OH is 1. The number of carbonyl (C=O) groups excluding carboxylic acids is 2. The molecule has 2 amide bonds. The maximum atomic E-state index is 12.6. The van der Waals surface area contributed by atoms with Crippen molar-refractivity contribution in [1.82, 2.24) is 10.2 Å². The van der Waals surface area contributed by atoms with E-state index in [1.807, 2.05) is 39.8 Å². The Balaban J connectivity index is 1.21. The lowest BCUT2D eigenvalue weighted by Gasteiger charge is -2.41. The third-order valence-corrected chi connectivity index (χ3v) is 8.39. The first-order valence-electron chi connectivity index (χ1n) is 14.9. The average molecular weight is 577 g/mol. The lowest BCUT2D eigenvalue weighted by atomic mass is 9.83. The van der Waals surface area contributed by atoms with E-state index in [1.54, 1.807) is 17.9 Å². The van der Waals surface area contributed by atoms with E-state index < -0.39 is 30.0 Å². The molecule has 0 aromatic carbocycles. The third kappa shape index (κ3) is 8.64. The molecule has 230 valence electrons. The number of rotatable bonds is 8. The molecule has 0 aromatic rings. The number of nitrogens with one attached hydrogen (secondary N) is 1. The normalized spacial score (nSPS) is 36.5. The zero-order chi connectivity index (χ0) is 29.8. The van der Waals surface area contributed by atoms with Gasteiger partial charge in [0.1, 0.15) is 23.9 Å². The summed E-state index contributed by atoms with van der Waals surface area (Å²) in [7, 11) is 0. The van der Waals surface area contributed by atoms with Crippen LogP contribution in [0, 0.1) is 5.92 Å². The molecule has 10 heteroatoms. The van der Waals surface area contributed by atoms with E-state index >= 15 is 0 Å². The maximum absolute atomic E-state index is 12.6. The van der Waals surface area contributed by atoms with E-state index in [4.69, 9.17) is 23.7 Å². The molecule has 41 heavy (non-hydrogen) atoms. The van der Waals surface area contributed by atoms with Crippen molar-refractivity contribution in [2.75, 3.05) is 32.9 Å². The topological polar surface area (TPSA) is 119 Å². The summed E-state index contributed by atoms with van der Waals surface area (Å²) < 4.78 is 28.7. The Kier molecular flexibility index (Phi) is 10.3. The first-order chi connectivity index (χ1) is 19.4. The van der Waals surface area contributed by atoms with Crippen LogP contribution in [0.2, 0.25) is 0 Å². The highest BCUT2D eigenvalue weighted by Gasteiger charge is 2.60. The molecule has 1 spiro atoms. The van der Waals surface area contributed by atoms with Crippen LogP contribution in [-0.4, -0.2) is 103 Å². The van der Waals surface area contributed by atoms with E-state index in [0.29, 0.717) is 39.3 Å². The number of ether oxygens (including phenoxy) is 5. The van der Waals surface area contributed by atoms with Crippen LogP contribution in [0.4, 0.5) is 4.79 Å². The van der Waals surface area contributed by atoms with Crippen molar-refractivity contribution in [3.8, 4) is 0 Å². The lowest BCUT2D eigenvalue weighted by Crippen LogP contribution is -2.53. The minimum Gasteiger partial charge on any atom is -0.442 e. The highest BCUT2D eigenvalue weighted by atomic mass is 16.6. The second-order valence-electron chi connectivity index (χ2n) is 12.6. The monoisotopic (exact) mass is 576 g/mol. The van der Waals surface area contributed by atoms with Gasteiger partial charge in [-0.25, -0.2) is 4.79 Å². The van der Waals surface area contributed by atoms with Crippen LogP contribution >= 0.6 is 0 Å². The maximum Gasteiger partial charge on any atom is 0.410 e. The molecule has 0 saturated carbocycles. The molecule has 0 bridgehead atoms. The highest BCUT2D eigenvalue weighted by Crippen LogP contribution is 2.46. The van der Waals surface area contributed by atoms with Crippen LogP contribution in [0.5, 0.6) is 0 Å². The van der Waals surface area contributed by atoms with Crippen LogP contribution in [0.3, 0.4) is 0 Å². The van der Waals surface area contributed by atoms with Crippen molar-refractivity contribution in [3.63, 3.8) is 0 Å². The van der Waals surface area contributed by atoms with Crippen LogP contribution in [0.1, 0.15) is 60.8 Å². The minimum atomic E-state index is -0.669. The molecule has 4 fully saturated rings. The molecule has 0 aliphatic carbocycles. The molecular formula is C31H48N2O8. The summed E-state index contributed by atoms with van der Waals surface area (Å²) in [6.45, 7) is 14.6. The molecule has 0 unspecified atom stereocenters. The number of epoxide rings is 1. The second kappa shape index (κ2) is 13.4. The zero-order valence-electron chi connectivity index (χ0n) is 25.3. The van der Waals surface area contributed by atoms with Gasteiger partial charge in [-0.2, -0.15) is 0 Å². The average Bonchev–Trinajstić information content (AvgIpc) is 3.69. The molecule has 4 rings (SSSR count). The van der Waals surface area contributed by atoms with E-state index in [1.165, 1.54) is 6.08 Å². The largest absolute Gasteiger partial charge is 0.442 e. The molecule has 10 nitrogen and oxygen atoms in total. The number of amides is 2. The van der Waals surface area contributed by atoms with E-state index in [0.717, 1.165) is 18.4 Å². The Morgan fingerprint density at radius 2 is 1.90 bits per heavy atom. The fraction of sp³-hybridized carbons (Fsp3) is 0.742. The fourth-order valence-corrected chi connectivity index (χ4v) is 5.91. The first-order valence-corrected chi connectivity index (χ1v) is 14.9. The number of allylic oxidation sites excluding steroid dienone is 2.